The van der Waals surface area contributed by atoms with E-state index >= 15 is 0 Å². The molecule has 0 aliphatic rings. The van der Waals surface area contributed by atoms with Crippen molar-refractivity contribution in [2.45, 2.75) is 36.0 Å². The smallest absolute Gasteiger partial charge is 0.223 e. The van der Waals surface area contributed by atoms with Crippen molar-refractivity contribution in [2.75, 3.05) is 0 Å². The van der Waals surface area contributed by atoms with Crippen LogP contribution in [0.4, 0.5) is 65.9 Å². The van der Waals surface area contributed by atoms with Crippen molar-refractivity contribution >= 4 is 0 Å². The molecular weight excluding hydrogens is 435 g/mol. The van der Waals surface area contributed by atoms with Gasteiger partial charge in [0.15, 0.2) is 5.69 Å². The maximum Gasteiger partial charge on any atom is 0.439 e. The Morgan fingerprint density at radius 1 is 0.481 bits per heavy atom. The first-order chi connectivity index (χ1) is 11.6. The molecule has 0 N–H and O–H groups in total. The number of rotatable bonds is 2. The van der Waals surface area contributed by atoms with Crippen LogP contribution in [0.2, 0.25) is 0 Å². The molecule has 0 spiro atoms. The fraction of sp³-hybridized carbons (Fsp3) is 0.667. The number of hydrogen-bond donors (Lipinski definition) is 0. The Morgan fingerprint density at radius 2 is 0.815 bits per heavy atom. The van der Waals surface area contributed by atoms with Crippen LogP contribution in [0.25, 0.3) is 0 Å². The van der Waals surface area contributed by atoms with Gasteiger partial charge in [0.1, 0.15) is 0 Å². The van der Waals surface area contributed by atoms with Crippen molar-refractivity contribution in [3.63, 3.8) is 0 Å². The van der Waals surface area contributed by atoms with E-state index in [1.165, 1.54) is 10.1 Å². The highest BCUT2D eigenvalue weighted by atomic mass is 19.4. The molecule has 0 unspecified atom stereocenters. The molecule has 0 atom stereocenters. The molecule has 0 aromatic carbocycles. The van der Waals surface area contributed by atoms with Gasteiger partial charge in [-0.1, -0.05) is 0 Å². The largest absolute Gasteiger partial charge is 0.439 e. The number of aromatic nitrogens is 3. The van der Waals surface area contributed by atoms with Crippen LogP contribution in [0, 0.1) is 5.95 Å². The molecule has 0 bridgehead atoms. The van der Waals surface area contributed by atoms with Crippen LogP contribution >= 0.6 is 0 Å². The normalized spacial score (nSPS) is 15.2. The Hall–Kier alpha value is -2.04. The van der Waals surface area contributed by atoms with Crippen LogP contribution in [0.1, 0.15) is 11.5 Å². The van der Waals surface area contributed by atoms with Crippen LogP contribution in [0.3, 0.4) is 0 Å². The summed E-state index contributed by atoms with van der Waals surface area (Å²) in [4.78, 5) is 1.30. The summed E-state index contributed by atoms with van der Waals surface area (Å²) in [5.41, 5.74) is -17.4. The van der Waals surface area contributed by atoms with Crippen LogP contribution in [0.5, 0.6) is 0 Å². The summed E-state index contributed by atoms with van der Waals surface area (Å²) in [6.07, 6.45) is -28.6. The lowest BCUT2D eigenvalue weighted by Crippen LogP contribution is -2.54. The number of alkyl halides is 14. The summed E-state index contributed by atoms with van der Waals surface area (Å²) in [6, 6.07) is 0. The first-order valence-corrected chi connectivity index (χ1v) is 5.68. The van der Waals surface area contributed by atoms with E-state index in [9.17, 15) is 65.9 Å². The van der Waals surface area contributed by atoms with Crippen molar-refractivity contribution in [2.24, 2.45) is 0 Å². The molecule has 27 heavy (non-hydrogen) atoms. The highest BCUT2D eigenvalue weighted by Crippen LogP contribution is 2.55. The van der Waals surface area contributed by atoms with Crippen molar-refractivity contribution in [3.05, 3.63) is 17.5 Å². The maximum absolute atomic E-state index is 13.7. The van der Waals surface area contributed by atoms with Gasteiger partial charge in [-0.05, 0) is 0 Å². The van der Waals surface area contributed by atoms with E-state index in [-0.39, 0.29) is 0 Å². The third kappa shape index (κ3) is 3.32. The fourth-order valence-corrected chi connectivity index (χ4v) is 1.52. The third-order valence-electron chi connectivity index (χ3n) is 2.84. The summed E-state index contributed by atoms with van der Waals surface area (Å²) in [6.45, 7) is 0. The second-order valence-electron chi connectivity index (χ2n) is 4.58. The SMILES string of the molecule is Fc1nnc(C(F)(C(F)(F)F)C(F)(F)F)nc1C(F)(C(F)(F)F)C(F)(F)F. The lowest BCUT2D eigenvalue weighted by atomic mass is 9.99. The van der Waals surface area contributed by atoms with E-state index in [1.807, 2.05) is 0 Å². The van der Waals surface area contributed by atoms with E-state index in [4.69, 9.17) is 0 Å². The molecule has 1 rings (SSSR count). The third-order valence-corrected chi connectivity index (χ3v) is 2.84. The topological polar surface area (TPSA) is 38.7 Å². The second-order valence-corrected chi connectivity index (χ2v) is 4.58. The summed E-state index contributed by atoms with van der Waals surface area (Å²) >= 11 is 0. The van der Waals surface area contributed by atoms with Gasteiger partial charge in [0, 0.05) is 0 Å². The lowest BCUT2D eigenvalue weighted by molar-refractivity contribution is -0.354. The minimum atomic E-state index is -7.19. The lowest BCUT2D eigenvalue weighted by Gasteiger charge is -2.31. The average Bonchev–Trinajstić information content (AvgIpc) is 2.41. The van der Waals surface area contributed by atoms with Crippen molar-refractivity contribution in [1.82, 2.24) is 15.2 Å². The summed E-state index contributed by atoms with van der Waals surface area (Å²) < 4.78 is 190. The molecule has 0 aliphatic heterocycles. The highest BCUT2D eigenvalue weighted by Gasteiger charge is 2.78. The zero-order chi connectivity index (χ0) is 21.9. The number of hydrogen-bond acceptors (Lipinski definition) is 3. The summed E-state index contributed by atoms with van der Waals surface area (Å²) in [5.74, 6) is -6.81. The van der Waals surface area contributed by atoms with Crippen LogP contribution in [-0.2, 0) is 11.3 Å². The molecule has 18 heteroatoms. The minimum Gasteiger partial charge on any atom is -0.223 e. The Balaban J connectivity index is 3.94. The molecule has 1 aromatic rings. The predicted molar refractivity (Wildman–Crippen MR) is 49.6 cm³/mol. The molecule has 0 fully saturated rings. The molecule has 1 heterocycles. The zero-order valence-electron chi connectivity index (χ0n) is 11.5. The van der Waals surface area contributed by atoms with Gasteiger partial charge in [0.05, 0.1) is 0 Å². The van der Waals surface area contributed by atoms with Crippen molar-refractivity contribution < 1.29 is 65.9 Å². The fourth-order valence-electron chi connectivity index (χ4n) is 1.52. The van der Waals surface area contributed by atoms with Crippen molar-refractivity contribution in [1.29, 1.82) is 0 Å². The monoisotopic (exact) mass is 435 g/mol. The van der Waals surface area contributed by atoms with Gasteiger partial charge in [0.2, 0.25) is 5.82 Å². The molecule has 0 radical (unpaired) electrons. The van der Waals surface area contributed by atoms with Crippen LogP contribution in [0.15, 0.2) is 0 Å². The van der Waals surface area contributed by atoms with E-state index < -0.39 is 53.5 Å². The minimum absolute atomic E-state index is 1.30. The Labute approximate surface area is 136 Å². The highest BCUT2D eigenvalue weighted by molar-refractivity contribution is 5.20. The second kappa shape index (κ2) is 5.98. The van der Waals surface area contributed by atoms with E-state index in [0.717, 1.165) is 0 Å². The molecule has 3 nitrogen and oxygen atoms in total. The molecule has 1 aromatic heterocycles. The molecule has 156 valence electrons. The summed E-state index contributed by atoms with van der Waals surface area (Å²) in [5, 5.41) is 3.08. The summed E-state index contributed by atoms with van der Waals surface area (Å²) in [7, 11) is 0. The van der Waals surface area contributed by atoms with Gasteiger partial charge in [-0.3, -0.25) is 0 Å². The molecule has 0 aliphatic carbocycles. The quantitative estimate of drug-likeness (QED) is 0.639. The van der Waals surface area contributed by atoms with E-state index in [2.05, 4.69) is 0 Å². The van der Waals surface area contributed by atoms with Gasteiger partial charge in [-0.2, -0.15) is 57.1 Å². The average molecular weight is 435 g/mol. The molecule has 0 saturated carbocycles. The zero-order valence-corrected chi connectivity index (χ0v) is 11.5. The van der Waals surface area contributed by atoms with Crippen LogP contribution in [-0.4, -0.2) is 39.9 Å². The van der Waals surface area contributed by atoms with Crippen LogP contribution < -0.4 is 0 Å². The predicted octanol–water partition coefficient (Wildman–Crippen LogP) is 4.59. The van der Waals surface area contributed by atoms with Gasteiger partial charge in [-0.25, -0.2) is 13.8 Å². The van der Waals surface area contributed by atoms with Gasteiger partial charge < -0.3 is 0 Å². The molecule has 0 saturated heterocycles. The first-order valence-electron chi connectivity index (χ1n) is 5.68. The van der Waals surface area contributed by atoms with E-state index in [0.29, 0.717) is 0 Å². The van der Waals surface area contributed by atoms with Crippen molar-refractivity contribution in [3.8, 4) is 0 Å². The number of nitrogens with zero attached hydrogens (tertiary/aromatic N) is 3. The van der Waals surface area contributed by atoms with Gasteiger partial charge in [0.25, 0.3) is 5.95 Å². The van der Waals surface area contributed by atoms with Gasteiger partial charge in [-0.15, -0.1) is 10.2 Å². The van der Waals surface area contributed by atoms with E-state index in [1.54, 1.807) is 5.10 Å². The maximum atomic E-state index is 13.7. The number of halogens is 15. The Bertz CT molecular complexity index is 668. The van der Waals surface area contributed by atoms with Gasteiger partial charge >= 0.3 is 36.0 Å². The Kier molecular flexibility index (Phi) is 5.09. The standard InChI is InChI=1S/C9F15N3/c10-2-1(4(11,6(13,14)15)7(16,17)18)25-3(27-26-2)5(12,8(19,20)21)9(22,23)24. The first kappa shape index (κ1) is 23.0. The molecular formula is C9F15N3. The molecule has 0 amide bonds. The Morgan fingerprint density at radius 3 is 1.11 bits per heavy atom.